The van der Waals surface area contributed by atoms with Crippen LogP contribution < -0.4 is 5.73 Å². The van der Waals surface area contributed by atoms with Crippen LogP contribution in [0.2, 0.25) is 0 Å². The van der Waals surface area contributed by atoms with Crippen molar-refractivity contribution in [3.63, 3.8) is 0 Å². The molecule has 4 heteroatoms. The van der Waals surface area contributed by atoms with Crippen LogP contribution in [0.4, 0.5) is 5.88 Å². The summed E-state index contributed by atoms with van der Waals surface area (Å²) in [4.78, 5) is 4.33. The fourth-order valence-corrected chi connectivity index (χ4v) is 2.40. The highest BCUT2D eigenvalue weighted by Gasteiger charge is 2.16. The Kier molecular flexibility index (Phi) is 3.96. The van der Waals surface area contributed by atoms with E-state index in [1.165, 1.54) is 5.56 Å². The van der Waals surface area contributed by atoms with Crippen LogP contribution >= 0.6 is 0 Å². The van der Waals surface area contributed by atoms with Crippen LogP contribution in [-0.4, -0.2) is 10.1 Å². The first kappa shape index (κ1) is 13.4. The summed E-state index contributed by atoms with van der Waals surface area (Å²) in [6.45, 7) is 0. The van der Waals surface area contributed by atoms with Crippen LogP contribution in [0.3, 0.4) is 0 Å². The summed E-state index contributed by atoms with van der Waals surface area (Å²) in [5.41, 5.74) is 9.73. The van der Waals surface area contributed by atoms with Crippen LogP contribution in [-0.2, 0) is 12.8 Å². The minimum Gasteiger partial charge on any atom is -0.367 e. The number of aromatic nitrogens is 2. The summed E-state index contributed by atoms with van der Waals surface area (Å²) >= 11 is 0. The van der Waals surface area contributed by atoms with Crippen molar-refractivity contribution in [2.45, 2.75) is 19.3 Å². The Morgan fingerprint density at radius 3 is 2.52 bits per heavy atom. The van der Waals surface area contributed by atoms with Crippen molar-refractivity contribution in [1.82, 2.24) is 10.1 Å². The predicted octanol–water partition coefficient (Wildman–Crippen LogP) is 3.49. The Morgan fingerprint density at radius 1 is 0.952 bits per heavy atom. The molecule has 0 saturated carbocycles. The molecule has 0 amide bonds. The molecule has 21 heavy (non-hydrogen) atoms. The van der Waals surface area contributed by atoms with Gasteiger partial charge in [-0.1, -0.05) is 41.6 Å². The van der Waals surface area contributed by atoms with Crippen LogP contribution in [0.5, 0.6) is 0 Å². The molecule has 0 atom stereocenters. The van der Waals surface area contributed by atoms with Crippen LogP contribution in [0.25, 0.3) is 11.3 Å². The summed E-state index contributed by atoms with van der Waals surface area (Å²) in [6, 6.07) is 16.1. The second-order valence-electron chi connectivity index (χ2n) is 4.92. The number of pyridine rings is 1. The minimum absolute atomic E-state index is 0.336. The third kappa shape index (κ3) is 3.11. The van der Waals surface area contributed by atoms with E-state index in [0.29, 0.717) is 5.88 Å². The third-order valence-electron chi connectivity index (χ3n) is 3.43. The average molecular weight is 279 g/mol. The molecular formula is C17H17N3O. The first-order valence-corrected chi connectivity index (χ1v) is 7.04. The lowest BCUT2D eigenvalue weighted by molar-refractivity contribution is 0.426. The van der Waals surface area contributed by atoms with Gasteiger partial charge in [-0.3, -0.25) is 4.98 Å². The fourth-order valence-electron chi connectivity index (χ4n) is 2.40. The molecule has 0 bridgehead atoms. The quantitative estimate of drug-likeness (QED) is 0.776. The van der Waals surface area contributed by atoms with Gasteiger partial charge in [-0.25, -0.2) is 0 Å². The molecule has 0 unspecified atom stereocenters. The molecule has 2 aromatic heterocycles. The van der Waals surface area contributed by atoms with Gasteiger partial charge in [0.1, 0.15) is 0 Å². The zero-order valence-corrected chi connectivity index (χ0v) is 11.7. The molecule has 4 nitrogen and oxygen atoms in total. The predicted molar refractivity (Wildman–Crippen MR) is 82.6 cm³/mol. The zero-order chi connectivity index (χ0) is 14.5. The van der Waals surface area contributed by atoms with Crippen LogP contribution in [0.1, 0.15) is 17.7 Å². The summed E-state index contributed by atoms with van der Waals surface area (Å²) in [5, 5.41) is 4.08. The van der Waals surface area contributed by atoms with E-state index in [2.05, 4.69) is 34.4 Å². The van der Waals surface area contributed by atoms with Gasteiger partial charge in [-0.2, -0.15) is 0 Å². The topological polar surface area (TPSA) is 64.9 Å². The number of nitrogen functional groups attached to an aromatic ring is 1. The van der Waals surface area contributed by atoms with Gasteiger partial charge in [-0.05, 0) is 37.0 Å². The number of benzene rings is 1. The second-order valence-corrected chi connectivity index (χ2v) is 4.92. The largest absolute Gasteiger partial charge is 0.367 e. The van der Waals surface area contributed by atoms with Gasteiger partial charge in [0.25, 0.3) is 0 Å². The van der Waals surface area contributed by atoms with E-state index in [9.17, 15) is 0 Å². The Morgan fingerprint density at radius 2 is 1.76 bits per heavy atom. The molecule has 106 valence electrons. The number of aryl methyl sites for hydroxylation is 2. The van der Waals surface area contributed by atoms with Crippen molar-refractivity contribution in [2.24, 2.45) is 0 Å². The van der Waals surface area contributed by atoms with Gasteiger partial charge in [-0.15, -0.1) is 0 Å². The smallest absolute Gasteiger partial charge is 0.231 e. The van der Waals surface area contributed by atoms with E-state index in [1.807, 2.05) is 24.3 Å². The molecule has 0 aliphatic carbocycles. The molecule has 0 fully saturated rings. The Hall–Kier alpha value is -2.62. The molecule has 2 N–H and O–H groups in total. The minimum atomic E-state index is 0.336. The average Bonchev–Trinajstić information content (AvgIpc) is 2.90. The molecule has 2 heterocycles. The number of rotatable bonds is 5. The van der Waals surface area contributed by atoms with Crippen molar-refractivity contribution in [3.05, 3.63) is 66.0 Å². The van der Waals surface area contributed by atoms with E-state index >= 15 is 0 Å². The maximum Gasteiger partial charge on any atom is 0.231 e. The van der Waals surface area contributed by atoms with Crippen LogP contribution in [0, 0.1) is 0 Å². The van der Waals surface area contributed by atoms with Crippen molar-refractivity contribution in [3.8, 4) is 11.3 Å². The standard InChI is InChI=1S/C17H17N3O/c18-17-16(14-10-4-5-12-19-14)15(20-21-17)11-6-9-13-7-2-1-3-8-13/h1-5,7-8,10,12H,6,9,11,18H2. The van der Waals surface area contributed by atoms with Gasteiger partial charge in [0.2, 0.25) is 5.88 Å². The summed E-state index contributed by atoms with van der Waals surface area (Å²) in [7, 11) is 0. The molecule has 0 spiro atoms. The normalized spacial score (nSPS) is 10.7. The Balaban J connectivity index is 1.72. The Bertz CT molecular complexity index is 693. The maximum atomic E-state index is 5.89. The molecular weight excluding hydrogens is 262 g/mol. The first-order valence-electron chi connectivity index (χ1n) is 7.04. The molecule has 3 aromatic rings. The highest BCUT2D eigenvalue weighted by atomic mass is 16.5. The fraction of sp³-hybridized carbons (Fsp3) is 0.176. The van der Waals surface area contributed by atoms with Crippen molar-refractivity contribution >= 4 is 5.88 Å². The lowest BCUT2D eigenvalue weighted by atomic mass is 10.0. The summed E-state index contributed by atoms with van der Waals surface area (Å²) < 4.78 is 5.14. The highest BCUT2D eigenvalue weighted by Crippen LogP contribution is 2.28. The second kappa shape index (κ2) is 6.22. The molecule has 3 rings (SSSR count). The van der Waals surface area contributed by atoms with Gasteiger partial charge in [0, 0.05) is 6.20 Å². The van der Waals surface area contributed by atoms with Gasteiger partial charge >= 0.3 is 0 Å². The van der Waals surface area contributed by atoms with Gasteiger partial charge in [0.15, 0.2) is 0 Å². The number of hydrogen-bond donors (Lipinski definition) is 1. The molecule has 0 aliphatic heterocycles. The van der Waals surface area contributed by atoms with E-state index in [4.69, 9.17) is 10.3 Å². The van der Waals surface area contributed by atoms with Gasteiger partial charge < -0.3 is 10.3 Å². The van der Waals surface area contributed by atoms with E-state index < -0.39 is 0 Å². The molecule has 0 radical (unpaired) electrons. The number of anilines is 1. The zero-order valence-electron chi connectivity index (χ0n) is 11.7. The Labute approximate surface area is 123 Å². The lowest BCUT2D eigenvalue weighted by Crippen LogP contribution is -1.95. The summed E-state index contributed by atoms with van der Waals surface area (Å²) in [6.07, 6.45) is 4.57. The monoisotopic (exact) mass is 279 g/mol. The van der Waals surface area contributed by atoms with Crippen LogP contribution in [0.15, 0.2) is 59.3 Å². The lowest BCUT2D eigenvalue weighted by Gasteiger charge is -2.02. The third-order valence-corrected chi connectivity index (χ3v) is 3.43. The van der Waals surface area contributed by atoms with E-state index in [-0.39, 0.29) is 0 Å². The van der Waals surface area contributed by atoms with E-state index in [1.54, 1.807) is 6.20 Å². The van der Waals surface area contributed by atoms with Crippen molar-refractivity contribution < 1.29 is 4.52 Å². The molecule has 0 aliphatic rings. The van der Waals surface area contributed by atoms with Crippen molar-refractivity contribution in [1.29, 1.82) is 0 Å². The molecule has 1 aromatic carbocycles. The van der Waals surface area contributed by atoms with E-state index in [0.717, 1.165) is 36.2 Å². The molecule has 0 saturated heterocycles. The number of hydrogen-bond acceptors (Lipinski definition) is 4. The first-order chi connectivity index (χ1) is 10.3. The highest BCUT2D eigenvalue weighted by molar-refractivity contribution is 5.71. The maximum absolute atomic E-state index is 5.89. The SMILES string of the molecule is Nc1onc(CCCc2ccccc2)c1-c1ccccn1. The van der Waals surface area contributed by atoms with Crippen molar-refractivity contribution in [2.75, 3.05) is 5.73 Å². The number of nitrogens with two attached hydrogens (primary N) is 1. The number of nitrogens with zero attached hydrogens (tertiary/aromatic N) is 2. The summed E-state index contributed by atoms with van der Waals surface area (Å²) in [5.74, 6) is 0.336. The van der Waals surface area contributed by atoms with Gasteiger partial charge in [0.05, 0.1) is 17.0 Å².